The van der Waals surface area contributed by atoms with Gasteiger partial charge in [0.05, 0.1) is 26.4 Å². The summed E-state index contributed by atoms with van der Waals surface area (Å²) < 4.78 is 20.7. The van der Waals surface area contributed by atoms with E-state index in [2.05, 4.69) is 0 Å². The van der Waals surface area contributed by atoms with Crippen LogP contribution in [0.3, 0.4) is 0 Å². The monoisotopic (exact) mass is 266 g/mol. The molecule has 0 fully saturated rings. The van der Waals surface area contributed by atoms with Crippen LogP contribution < -0.4 is 14.2 Å². The van der Waals surface area contributed by atoms with E-state index in [-0.39, 0.29) is 0 Å². The van der Waals surface area contributed by atoms with E-state index in [1.165, 1.54) is 20.5 Å². The summed E-state index contributed by atoms with van der Waals surface area (Å²) in [6.45, 7) is 3.68. The number of esters is 1. The van der Waals surface area contributed by atoms with Gasteiger partial charge in [0.1, 0.15) is 6.26 Å². The average molecular weight is 266 g/mol. The lowest BCUT2D eigenvalue weighted by molar-refractivity contribution is -0.138. The van der Waals surface area contributed by atoms with E-state index in [1.807, 2.05) is 0 Å². The highest BCUT2D eigenvalue weighted by atomic mass is 16.5. The zero-order valence-electron chi connectivity index (χ0n) is 11.6. The van der Waals surface area contributed by atoms with Crippen LogP contribution in [0.4, 0.5) is 0 Å². The maximum Gasteiger partial charge on any atom is 0.336 e. The van der Waals surface area contributed by atoms with Crippen molar-refractivity contribution in [3.05, 3.63) is 30.0 Å². The second kappa shape index (κ2) is 7.31. The van der Waals surface area contributed by atoms with E-state index in [1.54, 1.807) is 32.0 Å². The molecule has 1 aromatic carbocycles. The van der Waals surface area contributed by atoms with Crippen molar-refractivity contribution < 1.29 is 23.7 Å². The molecule has 0 saturated carbocycles. The fraction of sp³-hybridized carbons (Fsp3) is 0.357. The highest BCUT2D eigenvalue weighted by Gasteiger charge is 2.12. The summed E-state index contributed by atoms with van der Waals surface area (Å²) >= 11 is 0. The molecule has 0 aliphatic rings. The van der Waals surface area contributed by atoms with Crippen molar-refractivity contribution in [3.63, 3.8) is 0 Å². The van der Waals surface area contributed by atoms with Gasteiger partial charge in [0.25, 0.3) is 0 Å². The van der Waals surface area contributed by atoms with Gasteiger partial charge < -0.3 is 18.9 Å². The fourth-order valence-electron chi connectivity index (χ4n) is 1.37. The second-order valence-corrected chi connectivity index (χ2v) is 3.63. The van der Waals surface area contributed by atoms with Crippen molar-refractivity contribution in [3.8, 4) is 17.2 Å². The van der Waals surface area contributed by atoms with Gasteiger partial charge in [-0.05, 0) is 26.0 Å². The normalized spacial score (nSPS) is 10.8. The molecule has 0 bridgehead atoms. The van der Waals surface area contributed by atoms with E-state index in [0.29, 0.717) is 29.4 Å². The first-order chi connectivity index (χ1) is 9.13. The first-order valence-corrected chi connectivity index (χ1v) is 5.85. The van der Waals surface area contributed by atoms with E-state index in [0.717, 1.165) is 0 Å². The van der Waals surface area contributed by atoms with Crippen molar-refractivity contribution in [1.29, 1.82) is 0 Å². The molecule has 0 atom stereocenters. The summed E-state index contributed by atoms with van der Waals surface area (Å²) in [6.07, 6.45) is 1.32. The van der Waals surface area contributed by atoms with Crippen molar-refractivity contribution in [1.82, 2.24) is 0 Å². The summed E-state index contributed by atoms with van der Waals surface area (Å²) in [6, 6.07) is 5.27. The Morgan fingerprint density at radius 1 is 1.21 bits per heavy atom. The first-order valence-electron chi connectivity index (χ1n) is 5.85. The van der Waals surface area contributed by atoms with Crippen LogP contribution in [0.25, 0.3) is 0 Å². The Hall–Kier alpha value is -2.17. The minimum absolute atomic E-state index is 0.321. The predicted molar refractivity (Wildman–Crippen MR) is 70.6 cm³/mol. The number of methoxy groups -OCH3 is 2. The molecule has 0 radical (unpaired) electrons. The molecule has 0 N–H and O–H groups in total. The molecular weight excluding hydrogens is 248 g/mol. The van der Waals surface area contributed by atoms with E-state index in [9.17, 15) is 4.79 Å². The third kappa shape index (κ3) is 3.91. The number of carbonyl (C=O) groups is 1. The third-order valence-electron chi connectivity index (χ3n) is 2.33. The lowest BCUT2D eigenvalue weighted by Crippen LogP contribution is -2.06. The standard InChI is InChI=1S/C14H18O5/c1-5-18-14(15)10(2)9-19-13-11(16-3)7-6-8-12(13)17-4/h6-9H,5H2,1-4H3. The van der Waals surface area contributed by atoms with Gasteiger partial charge in [-0.3, -0.25) is 0 Å². The Morgan fingerprint density at radius 3 is 2.26 bits per heavy atom. The molecule has 5 heteroatoms. The Morgan fingerprint density at radius 2 is 1.79 bits per heavy atom. The van der Waals surface area contributed by atoms with Crippen LogP contribution in [0, 0.1) is 0 Å². The number of carbonyl (C=O) groups excluding carboxylic acids is 1. The Kier molecular flexibility index (Phi) is 5.73. The Labute approximate surface area is 112 Å². The minimum Gasteiger partial charge on any atom is -0.493 e. The smallest absolute Gasteiger partial charge is 0.336 e. The molecule has 19 heavy (non-hydrogen) atoms. The summed E-state index contributed by atoms with van der Waals surface area (Å²) in [5.41, 5.74) is 0.356. The lowest BCUT2D eigenvalue weighted by atomic mass is 10.3. The Bertz CT molecular complexity index is 443. The summed E-state index contributed by atoms with van der Waals surface area (Å²) in [4.78, 5) is 11.4. The predicted octanol–water partition coefficient (Wildman–Crippen LogP) is 2.55. The molecule has 0 heterocycles. The highest BCUT2D eigenvalue weighted by molar-refractivity contribution is 5.87. The maximum absolute atomic E-state index is 11.4. The first kappa shape index (κ1) is 14.9. The number of hydrogen-bond acceptors (Lipinski definition) is 5. The molecule has 0 aliphatic heterocycles. The van der Waals surface area contributed by atoms with Crippen LogP contribution in [0.5, 0.6) is 17.2 Å². The number of ether oxygens (including phenoxy) is 4. The molecule has 0 aromatic heterocycles. The topological polar surface area (TPSA) is 54.0 Å². The summed E-state index contributed by atoms with van der Waals surface area (Å²) in [5, 5.41) is 0. The van der Waals surface area contributed by atoms with Crippen LogP contribution in [-0.2, 0) is 9.53 Å². The van der Waals surface area contributed by atoms with E-state index in [4.69, 9.17) is 18.9 Å². The van der Waals surface area contributed by atoms with Crippen molar-refractivity contribution in [2.45, 2.75) is 13.8 Å². The molecule has 0 amide bonds. The average Bonchev–Trinajstić information content (AvgIpc) is 2.44. The van der Waals surface area contributed by atoms with Crippen molar-refractivity contribution in [2.75, 3.05) is 20.8 Å². The van der Waals surface area contributed by atoms with Gasteiger partial charge in [-0.15, -0.1) is 0 Å². The molecule has 104 valence electrons. The molecule has 0 spiro atoms. The van der Waals surface area contributed by atoms with Crippen molar-refractivity contribution in [2.24, 2.45) is 0 Å². The molecule has 0 unspecified atom stereocenters. The van der Waals surface area contributed by atoms with Crippen LogP contribution in [-0.4, -0.2) is 26.8 Å². The number of rotatable bonds is 6. The quantitative estimate of drug-likeness (QED) is 0.450. The zero-order chi connectivity index (χ0) is 14.3. The summed E-state index contributed by atoms with van der Waals surface area (Å²) in [5.74, 6) is 1.03. The minimum atomic E-state index is -0.420. The van der Waals surface area contributed by atoms with E-state index >= 15 is 0 Å². The molecular formula is C14H18O5. The van der Waals surface area contributed by atoms with Gasteiger partial charge in [-0.1, -0.05) is 6.07 Å². The van der Waals surface area contributed by atoms with Gasteiger partial charge in [0, 0.05) is 0 Å². The van der Waals surface area contributed by atoms with Gasteiger partial charge in [0.2, 0.25) is 5.75 Å². The van der Waals surface area contributed by atoms with Crippen LogP contribution in [0.2, 0.25) is 0 Å². The zero-order valence-corrected chi connectivity index (χ0v) is 11.6. The molecule has 1 rings (SSSR count). The maximum atomic E-state index is 11.4. The third-order valence-corrected chi connectivity index (χ3v) is 2.33. The molecule has 0 aliphatic carbocycles. The number of benzene rings is 1. The molecule has 1 aromatic rings. The fourth-order valence-corrected chi connectivity index (χ4v) is 1.37. The molecule has 5 nitrogen and oxygen atoms in total. The van der Waals surface area contributed by atoms with Crippen LogP contribution in [0.1, 0.15) is 13.8 Å². The van der Waals surface area contributed by atoms with Crippen molar-refractivity contribution >= 4 is 5.97 Å². The van der Waals surface area contributed by atoms with Crippen LogP contribution >= 0.6 is 0 Å². The lowest BCUT2D eigenvalue weighted by Gasteiger charge is -2.11. The number of hydrogen-bond donors (Lipinski definition) is 0. The SMILES string of the molecule is CCOC(=O)C(C)=COc1c(OC)cccc1OC. The van der Waals surface area contributed by atoms with E-state index < -0.39 is 5.97 Å². The van der Waals surface area contributed by atoms with Gasteiger partial charge in [-0.25, -0.2) is 4.79 Å². The summed E-state index contributed by atoms with van der Waals surface area (Å²) in [7, 11) is 3.06. The van der Waals surface area contributed by atoms with Crippen LogP contribution in [0.15, 0.2) is 30.0 Å². The Balaban J connectivity index is 2.93. The highest BCUT2D eigenvalue weighted by Crippen LogP contribution is 2.37. The number of para-hydroxylation sites is 1. The molecule has 0 saturated heterocycles. The van der Waals surface area contributed by atoms with Gasteiger partial charge in [0.15, 0.2) is 11.5 Å². The van der Waals surface area contributed by atoms with Gasteiger partial charge >= 0.3 is 5.97 Å². The second-order valence-electron chi connectivity index (χ2n) is 3.63. The van der Waals surface area contributed by atoms with Gasteiger partial charge in [-0.2, -0.15) is 0 Å². The largest absolute Gasteiger partial charge is 0.493 e.